The molecule has 1 atom stereocenters. The summed E-state index contributed by atoms with van der Waals surface area (Å²) >= 11 is 4.74. The second-order valence-corrected chi connectivity index (χ2v) is 4.88. The van der Waals surface area contributed by atoms with E-state index in [1.807, 2.05) is 24.3 Å². The third-order valence-electron chi connectivity index (χ3n) is 2.17. The zero-order valence-corrected chi connectivity index (χ0v) is 11.0. The van der Waals surface area contributed by atoms with Gasteiger partial charge in [-0.15, -0.1) is 11.3 Å². The van der Waals surface area contributed by atoms with Gasteiger partial charge in [0, 0.05) is 15.5 Å². The minimum absolute atomic E-state index is 0.512. The number of anilines is 1. The average Bonchev–Trinajstić information content (AvgIpc) is 2.81. The van der Waals surface area contributed by atoms with Crippen molar-refractivity contribution < 1.29 is 9.90 Å². The molecule has 88 valence electrons. The summed E-state index contributed by atoms with van der Waals surface area (Å²) in [6.45, 7) is 0. The van der Waals surface area contributed by atoms with E-state index in [2.05, 4.69) is 26.2 Å². The molecule has 6 heteroatoms. The molecule has 0 saturated heterocycles. The number of para-hydroxylation sites is 1. The van der Waals surface area contributed by atoms with E-state index in [0.717, 1.165) is 10.2 Å². The van der Waals surface area contributed by atoms with Crippen LogP contribution >= 0.6 is 27.3 Å². The molecule has 0 spiro atoms. The summed E-state index contributed by atoms with van der Waals surface area (Å²) in [5.41, 5.74) is 2.86. The van der Waals surface area contributed by atoms with Crippen LogP contribution in [0.5, 0.6) is 0 Å². The summed E-state index contributed by atoms with van der Waals surface area (Å²) < 4.78 is 0.821. The number of carboxylic acids is 1. The Hall–Kier alpha value is -1.40. The molecule has 0 aliphatic rings. The van der Waals surface area contributed by atoms with Crippen molar-refractivity contribution in [1.29, 1.82) is 0 Å². The average molecular weight is 313 g/mol. The SMILES string of the molecule is O=C(O)C(Nc1ccccc1Br)c1cscn1. The van der Waals surface area contributed by atoms with Gasteiger partial charge in [-0.3, -0.25) is 0 Å². The van der Waals surface area contributed by atoms with Crippen LogP contribution in [0, 0.1) is 0 Å². The first-order valence-electron chi connectivity index (χ1n) is 4.80. The van der Waals surface area contributed by atoms with Crippen molar-refractivity contribution in [2.75, 3.05) is 5.32 Å². The lowest BCUT2D eigenvalue weighted by molar-refractivity contribution is -0.138. The van der Waals surface area contributed by atoms with Crippen LogP contribution in [-0.2, 0) is 4.79 Å². The first kappa shape index (κ1) is 12.1. The smallest absolute Gasteiger partial charge is 0.332 e. The van der Waals surface area contributed by atoms with Crippen molar-refractivity contribution in [3.8, 4) is 0 Å². The number of aromatic nitrogens is 1. The molecule has 0 bridgehead atoms. The van der Waals surface area contributed by atoms with E-state index in [9.17, 15) is 9.90 Å². The summed E-state index contributed by atoms with van der Waals surface area (Å²) in [7, 11) is 0. The van der Waals surface area contributed by atoms with Gasteiger partial charge in [-0.05, 0) is 28.1 Å². The van der Waals surface area contributed by atoms with E-state index >= 15 is 0 Å². The Kier molecular flexibility index (Phi) is 3.75. The van der Waals surface area contributed by atoms with Gasteiger partial charge in [0.05, 0.1) is 11.2 Å². The van der Waals surface area contributed by atoms with Crippen molar-refractivity contribution in [2.24, 2.45) is 0 Å². The summed E-state index contributed by atoms with van der Waals surface area (Å²) in [6.07, 6.45) is 0. The Labute approximate surface area is 110 Å². The highest BCUT2D eigenvalue weighted by molar-refractivity contribution is 9.10. The molecule has 0 fully saturated rings. The zero-order valence-electron chi connectivity index (χ0n) is 8.63. The number of aliphatic carboxylic acids is 1. The molecule has 0 saturated carbocycles. The highest BCUT2D eigenvalue weighted by atomic mass is 79.9. The molecule has 2 aromatic rings. The molecule has 17 heavy (non-hydrogen) atoms. The topological polar surface area (TPSA) is 62.2 Å². The lowest BCUT2D eigenvalue weighted by Gasteiger charge is -2.14. The summed E-state index contributed by atoms with van der Waals surface area (Å²) in [5, 5.41) is 13.9. The molecule has 0 aliphatic carbocycles. The van der Waals surface area contributed by atoms with Crippen molar-refractivity contribution >= 4 is 38.9 Å². The van der Waals surface area contributed by atoms with Crippen LogP contribution in [0.4, 0.5) is 5.69 Å². The van der Waals surface area contributed by atoms with Gasteiger partial charge < -0.3 is 10.4 Å². The van der Waals surface area contributed by atoms with Crippen molar-refractivity contribution in [2.45, 2.75) is 6.04 Å². The number of carbonyl (C=O) groups is 1. The maximum absolute atomic E-state index is 11.2. The minimum Gasteiger partial charge on any atom is -0.479 e. The predicted octanol–water partition coefficient (Wildman–Crippen LogP) is 3.14. The Morgan fingerprint density at radius 2 is 2.24 bits per heavy atom. The molecular formula is C11H9BrN2O2S. The summed E-state index contributed by atoms with van der Waals surface area (Å²) in [4.78, 5) is 15.2. The Morgan fingerprint density at radius 1 is 1.47 bits per heavy atom. The minimum atomic E-state index is -0.952. The lowest BCUT2D eigenvalue weighted by Crippen LogP contribution is -2.20. The molecule has 0 aliphatic heterocycles. The largest absolute Gasteiger partial charge is 0.479 e. The standard InChI is InChI=1S/C11H9BrN2O2S/c12-7-3-1-2-4-8(7)14-10(11(15)16)9-5-17-6-13-9/h1-6,10,14H,(H,15,16). The van der Waals surface area contributed by atoms with Gasteiger partial charge >= 0.3 is 5.97 Å². The maximum Gasteiger partial charge on any atom is 0.332 e. The van der Waals surface area contributed by atoms with Gasteiger partial charge in [-0.2, -0.15) is 0 Å². The molecule has 1 unspecified atom stereocenters. The fraction of sp³-hybridized carbons (Fsp3) is 0.0909. The predicted molar refractivity (Wildman–Crippen MR) is 70.3 cm³/mol. The van der Waals surface area contributed by atoms with Gasteiger partial charge in [0.25, 0.3) is 0 Å². The van der Waals surface area contributed by atoms with Crippen LogP contribution in [0.25, 0.3) is 0 Å². The number of benzene rings is 1. The number of rotatable bonds is 4. The molecular weight excluding hydrogens is 304 g/mol. The van der Waals surface area contributed by atoms with Crippen LogP contribution in [-0.4, -0.2) is 16.1 Å². The van der Waals surface area contributed by atoms with Gasteiger partial charge in [-0.1, -0.05) is 12.1 Å². The van der Waals surface area contributed by atoms with Gasteiger partial charge in [0.15, 0.2) is 6.04 Å². The molecule has 1 aromatic carbocycles. The van der Waals surface area contributed by atoms with Crippen LogP contribution < -0.4 is 5.32 Å². The quantitative estimate of drug-likeness (QED) is 0.910. The normalized spacial score (nSPS) is 12.1. The molecule has 4 nitrogen and oxygen atoms in total. The Balaban J connectivity index is 2.26. The second kappa shape index (κ2) is 5.29. The fourth-order valence-corrected chi connectivity index (χ4v) is 2.34. The molecule has 1 aromatic heterocycles. The van der Waals surface area contributed by atoms with Crippen molar-refractivity contribution in [1.82, 2.24) is 4.98 Å². The van der Waals surface area contributed by atoms with Crippen molar-refractivity contribution in [3.63, 3.8) is 0 Å². The number of halogens is 1. The first-order chi connectivity index (χ1) is 8.18. The van der Waals surface area contributed by atoms with Gasteiger partial charge in [0.1, 0.15) is 0 Å². The number of hydrogen-bond acceptors (Lipinski definition) is 4. The first-order valence-corrected chi connectivity index (χ1v) is 6.54. The molecule has 1 heterocycles. The number of nitrogens with one attached hydrogen (secondary N) is 1. The maximum atomic E-state index is 11.2. The van der Waals surface area contributed by atoms with Gasteiger partial charge in [-0.25, -0.2) is 9.78 Å². The van der Waals surface area contributed by atoms with E-state index in [1.165, 1.54) is 11.3 Å². The molecule has 0 radical (unpaired) electrons. The van der Waals surface area contributed by atoms with Gasteiger partial charge in [0.2, 0.25) is 0 Å². The third-order valence-corrected chi connectivity index (χ3v) is 3.46. The monoisotopic (exact) mass is 312 g/mol. The van der Waals surface area contributed by atoms with E-state index in [0.29, 0.717) is 5.69 Å². The number of carboxylic acid groups (broad SMARTS) is 1. The highest BCUT2D eigenvalue weighted by Gasteiger charge is 2.21. The Bertz CT molecular complexity index is 516. The number of nitrogens with zero attached hydrogens (tertiary/aromatic N) is 1. The van der Waals surface area contributed by atoms with Crippen LogP contribution in [0.15, 0.2) is 39.6 Å². The number of thiazole rings is 1. The lowest BCUT2D eigenvalue weighted by atomic mass is 10.2. The molecule has 2 rings (SSSR count). The number of hydrogen-bond donors (Lipinski definition) is 2. The molecule has 0 amide bonds. The fourth-order valence-electron chi connectivity index (χ4n) is 1.36. The summed E-state index contributed by atoms with van der Waals surface area (Å²) in [6, 6.07) is 6.54. The van der Waals surface area contributed by atoms with E-state index in [-0.39, 0.29) is 0 Å². The van der Waals surface area contributed by atoms with E-state index in [1.54, 1.807) is 10.9 Å². The van der Waals surface area contributed by atoms with Crippen LogP contribution in [0.1, 0.15) is 11.7 Å². The van der Waals surface area contributed by atoms with Crippen LogP contribution in [0.2, 0.25) is 0 Å². The third kappa shape index (κ3) is 2.83. The molecule has 2 N–H and O–H groups in total. The van der Waals surface area contributed by atoms with E-state index < -0.39 is 12.0 Å². The Morgan fingerprint density at radius 3 is 2.82 bits per heavy atom. The zero-order chi connectivity index (χ0) is 12.3. The highest BCUT2D eigenvalue weighted by Crippen LogP contribution is 2.26. The summed E-state index contributed by atoms with van der Waals surface area (Å²) in [5.74, 6) is -0.952. The van der Waals surface area contributed by atoms with E-state index in [4.69, 9.17) is 0 Å². The van der Waals surface area contributed by atoms with Crippen molar-refractivity contribution in [3.05, 3.63) is 45.3 Å². The van der Waals surface area contributed by atoms with Crippen LogP contribution in [0.3, 0.4) is 0 Å². The second-order valence-electron chi connectivity index (χ2n) is 3.31.